The number of sulfonamides is 1. The Hall–Kier alpha value is -3.31. The van der Waals surface area contributed by atoms with E-state index in [2.05, 4.69) is 10.8 Å². The van der Waals surface area contributed by atoms with Gasteiger partial charge in [-0.1, -0.05) is 60.7 Å². The van der Waals surface area contributed by atoms with Crippen LogP contribution in [0.5, 0.6) is 5.75 Å². The summed E-state index contributed by atoms with van der Waals surface area (Å²) in [7, 11) is -3.61. The summed E-state index contributed by atoms with van der Waals surface area (Å²) in [6.07, 6.45) is 0. The van der Waals surface area contributed by atoms with Gasteiger partial charge in [0.15, 0.2) is 0 Å². The first kappa shape index (κ1) is 18.1. The molecule has 0 fully saturated rings. The van der Waals surface area contributed by atoms with Gasteiger partial charge < -0.3 is 4.74 Å². The van der Waals surface area contributed by atoms with Crippen LogP contribution in [0.15, 0.2) is 102 Å². The van der Waals surface area contributed by atoms with Crippen molar-refractivity contribution in [3.05, 3.63) is 103 Å². The molecule has 4 aromatic carbocycles. The SMILES string of the molecule is O=S(=O)(Nc1cccc(COc2ccc3ccccc3c2)c1)c1ccccc1. The van der Waals surface area contributed by atoms with Crippen molar-refractivity contribution in [3.63, 3.8) is 0 Å². The van der Waals surface area contributed by atoms with E-state index in [0.29, 0.717) is 12.3 Å². The molecule has 0 aromatic heterocycles. The highest BCUT2D eigenvalue weighted by molar-refractivity contribution is 7.92. The molecule has 0 saturated heterocycles. The minimum absolute atomic E-state index is 0.229. The van der Waals surface area contributed by atoms with Crippen molar-refractivity contribution in [1.82, 2.24) is 0 Å². The van der Waals surface area contributed by atoms with Gasteiger partial charge in [-0.25, -0.2) is 8.42 Å². The van der Waals surface area contributed by atoms with Gasteiger partial charge in [-0.05, 0) is 52.7 Å². The Balaban J connectivity index is 1.47. The topological polar surface area (TPSA) is 55.4 Å². The highest BCUT2D eigenvalue weighted by atomic mass is 32.2. The maximum atomic E-state index is 12.5. The third-order valence-electron chi connectivity index (χ3n) is 4.36. The molecule has 0 amide bonds. The zero-order valence-electron chi connectivity index (χ0n) is 15.1. The first-order valence-electron chi connectivity index (χ1n) is 8.89. The first-order valence-corrected chi connectivity index (χ1v) is 10.4. The Morgan fingerprint density at radius 3 is 2.29 bits per heavy atom. The Kier molecular flexibility index (Phi) is 5.00. The predicted octanol–water partition coefficient (Wildman–Crippen LogP) is 5.22. The summed E-state index contributed by atoms with van der Waals surface area (Å²) in [5, 5.41) is 2.27. The highest BCUT2D eigenvalue weighted by Crippen LogP contribution is 2.22. The molecule has 5 heteroatoms. The van der Waals surface area contributed by atoms with E-state index in [0.717, 1.165) is 22.1 Å². The maximum absolute atomic E-state index is 12.5. The number of anilines is 1. The summed E-state index contributed by atoms with van der Waals surface area (Å²) in [5.74, 6) is 0.772. The lowest BCUT2D eigenvalue weighted by molar-refractivity contribution is 0.306. The fourth-order valence-electron chi connectivity index (χ4n) is 2.96. The van der Waals surface area contributed by atoms with Gasteiger partial charge in [0, 0.05) is 5.69 Å². The monoisotopic (exact) mass is 389 g/mol. The van der Waals surface area contributed by atoms with E-state index in [1.165, 1.54) is 0 Å². The fourth-order valence-corrected chi connectivity index (χ4v) is 4.03. The van der Waals surface area contributed by atoms with Crippen LogP contribution in [0.4, 0.5) is 5.69 Å². The molecule has 0 unspecified atom stereocenters. The van der Waals surface area contributed by atoms with Crippen LogP contribution in [0.25, 0.3) is 10.8 Å². The van der Waals surface area contributed by atoms with Crippen molar-refractivity contribution in [2.45, 2.75) is 11.5 Å². The molecule has 4 nitrogen and oxygen atoms in total. The molecule has 0 radical (unpaired) electrons. The zero-order chi connectivity index (χ0) is 19.4. The summed E-state index contributed by atoms with van der Waals surface area (Å²) in [6.45, 7) is 0.346. The molecule has 4 rings (SSSR count). The lowest BCUT2D eigenvalue weighted by Crippen LogP contribution is -2.13. The third kappa shape index (κ3) is 4.15. The van der Waals surface area contributed by atoms with E-state index in [1.54, 1.807) is 42.5 Å². The van der Waals surface area contributed by atoms with E-state index in [4.69, 9.17) is 4.74 Å². The molecular weight excluding hydrogens is 370 g/mol. The summed E-state index contributed by atoms with van der Waals surface area (Å²) in [6, 6.07) is 29.6. The molecule has 140 valence electrons. The Labute approximate surface area is 164 Å². The smallest absolute Gasteiger partial charge is 0.261 e. The highest BCUT2D eigenvalue weighted by Gasteiger charge is 2.13. The summed E-state index contributed by atoms with van der Waals surface area (Å²) in [5.41, 5.74) is 1.38. The minimum Gasteiger partial charge on any atom is -0.489 e. The van der Waals surface area contributed by atoms with Crippen molar-refractivity contribution >= 4 is 26.5 Å². The van der Waals surface area contributed by atoms with Gasteiger partial charge in [-0.3, -0.25) is 4.72 Å². The molecule has 0 aliphatic carbocycles. The Morgan fingerprint density at radius 1 is 0.714 bits per heavy atom. The first-order chi connectivity index (χ1) is 13.6. The van der Waals surface area contributed by atoms with Crippen LogP contribution in [0.1, 0.15) is 5.56 Å². The molecule has 1 N–H and O–H groups in total. The van der Waals surface area contributed by atoms with Crippen LogP contribution in [0.3, 0.4) is 0 Å². The number of rotatable bonds is 6. The minimum atomic E-state index is -3.61. The zero-order valence-corrected chi connectivity index (χ0v) is 15.9. The second-order valence-electron chi connectivity index (χ2n) is 6.42. The van der Waals surface area contributed by atoms with Crippen molar-refractivity contribution in [3.8, 4) is 5.75 Å². The molecule has 0 aliphatic heterocycles. The van der Waals surface area contributed by atoms with E-state index < -0.39 is 10.0 Å². The molecule has 28 heavy (non-hydrogen) atoms. The molecule has 0 aliphatic rings. The van der Waals surface area contributed by atoms with Crippen LogP contribution in [-0.4, -0.2) is 8.42 Å². The van der Waals surface area contributed by atoms with Crippen molar-refractivity contribution < 1.29 is 13.2 Å². The standard InChI is InChI=1S/C23H19NO3S/c25-28(26,23-11-2-1-3-12-23)24-21-10-6-7-18(15-21)17-27-22-14-13-19-8-4-5-9-20(19)16-22/h1-16,24H,17H2. The Bertz CT molecular complexity index is 1200. The third-order valence-corrected chi connectivity index (χ3v) is 5.76. The van der Waals surface area contributed by atoms with Gasteiger partial charge in [0.2, 0.25) is 0 Å². The number of hydrogen-bond acceptors (Lipinski definition) is 3. The quantitative estimate of drug-likeness (QED) is 0.492. The molecule has 4 aromatic rings. The lowest BCUT2D eigenvalue weighted by atomic mass is 10.1. The van der Waals surface area contributed by atoms with Crippen LogP contribution in [-0.2, 0) is 16.6 Å². The fraction of sp³-hybridized carbons (Fsp3) is 0.0435. The van der Waals surface area contributed by atoms with Gasteiger partial charge in [-0.15, -0.1) is 0 Å². The Morgan fingerprint density at radius 2 is 1.46 bits per heavy atom. The van der Waals surface area contributed by atoms with E-state index in [9.17, 15) is 8.42 Å². The van der Waals surface area contributed by atoms with Crippen molar-refractivity contribution in [2.75, 3.05) is 4.72 Å². The number of nitrogens with one attached hydrogen (secondary N) is 1. The summed E-state index contributed by atoms with van der Waals surface area (Å²) < 4.78 is 33.5. The average molecular weight is 389 g/mol. The van der Waals surface area contributed by atoms with Crippen LogP contribution >= 0.6 is 0 Å². The number of benzene rings is 4. The second kappa shape index (κ2) is 7.74. The maximum Gasteiger partial charge on any atom is 0.261 e. The van der Waals surface area contributed by atoms with Crippen LogP contribution < -0.4 is 9.46 Å². The molecular formula is C23H19NO3S. The molecule has 0 spiro atoms. The summed E-state index contributed by atoms with van der Waals surface area (Å²) >= 11 is 0. The van der Waals surface area contributed by atoms with Crippen molar-refractivity contribution in [2.24, 2.45) is 0 Å². The molecule has 0 atom stereocenters. The number of fused-ring (bicyclic) bond motifs is 1. The van der Waals surface area contributed by atoms with E-state index >= 15 is 0 Å². The van der Waals surface area contributed by atoms with Crippen LogP contribution in [0.2, 0.25) is 0 Å². The number of hydrogen-bond donors (Lipinski definition) is 1. The lowest BCUT2D eigenvalue weighted by Gasteiger charge is -2.11. The average Bonchev–Trinajstić information content (AvgIpc) is 2.73. The van der Waals surface area contributed by atoms with Crippen molar-refractivity contribution in [1.29, 1.82) is 0 Å². The predicted molar refractivity (Wildman–Crippen MR) is 112 cm³/mol. The second-order valence-corrected chi connectivity index (χ2v) is 8.10. The summed E-state index contributed by atoms with van der Waals surface area (Å²) in [4.78, 5) is 0.229. The van der Waals surface area contributed by atoms with Gasteiger partial charge in [-0.2, -0.15) is 0 Å². The molecule has 0 bridgehead atoms. The van der Waals surface area contributed by atoms with Gasteiger partial charge in [0.05, 0.1) is 4.90 Å². The van der Waals surface area contributed by atoms with Gasteiger partial charge in [0.25, 0.3) is 10.0 Å². The molecule has 0 saturated carbocycles. The van der Waals surface area contributed by atoms with Gasteiger partial charge >= 0.3 is 0 Å². The van der Waals surface area contributed by atoms with E-state index in [-0.39, 0.29) is 4.90 Å². The molecule has 0 heterocycles. The van der Waals surface area contributed by atoms with Crippen LogP contribution in [0, 0.1) is 0 Å². The normalized spacial score (nSPS) is 11.3. The number of ether oxygens (including phenoxy) is 1. The largest absolute Gasteiger partial charge is 0.489 e. The van der Waals surface area contributed by atoms with E-state index in [1.807, 2.05) is 48.5 Å². The van der Waals surface area contributed by atoms with Gasteiger partial charge in [0.1, 0.15) is 12.4 Å².